The number of aromatic nitrogens is 3. The molecule has 0 bridgehead atoms. The molecule has 2 aromatic heterocycles. The Balaban J connectivity index is 1.46. The molecule has 2 aliphatic rings. The summed E-state index contributed by atoms with van der Waals surface area (Å²) in [6.45, 7) is 4.80. The molecule has 2 aromatic rings. The molecule has 3 heterocycles. The lowest BCUT2D eigenvalue weighted by Crippen LogP contribution is -2.46. The van der Waals surface area contributed by atoms with Gasteiger partial charge in [0.25, 0.3) is 0 Å². The van der Waals surface area contributed by atoms with Gasteiger partial charge in [-0.1, -0.05) is 19.3 Å². The van der Waals surface area contributed by atoms with Crippen LogP contribution < -0.4 is 5.32 Å². The summed E-state index contributed by atoms with van der Waals surface area (Å²) in [6.07, 6.45) is 10.4. The molecule has 0 aromatic carbocycles. The summed E-state index contributed by atoms with van der Waals surface area (Å²) in [5.41, 5.74) is 1.46. The summed E-state index contributed by atoms with van der Waals surface area (Å²) in [4.78, 5) is 32.1. The van der Waals surface area contributed by atoms with Crippen LogP contribution in [0.5, 0.6) is 0 Å². The van der Waals surface area contributed by atoms with E-state index in [1.807, 2.05) is 15.6 Å². The molecule has 1 atom stereocenters. The molecule has 1 aliphatic heterocycles. The van der Waals surface area contributed by atoms with Crippen LogP contribution in [0.2, 0.25) is 0 Å². The van der Waals surface area contributed by atoms with Gasteiger partial charge in [0.1, 0.15) is 6.04 Å². The zero-order chi connectivity index (χ0) is 19.7. The van der Waals surface area contributed by atoms with E-state index in [4.69, 9.17) is 0 Å². The Kier molecular flexibility index (Phi) is 5.33. The van der Waals surface area contributed by atoms with E-state index in [0.29, 0.717) is 12.2 Å². The van der Waals surface area contributed by atoms with Gasteiger partial charge in [-0.05, 0) is 45.6 Å². The minimum Gasteiger partial charge on any atom is -0.330 e. The summed E-state index contributed by atoms with van der Waals surface area (Å²) in [5.74, 6) is 0.158. The molecule has 28 heavy (non-hydrogen) atoms. The van der Waals surface area contributed by atoms with Gasteiger partial charge in [0.05, 0.1) is 18.1 Å². The molecule has 1 aliphatic carbocycles. The number of fused-ring (bicyclic) bond motifs is 1. The number of anilines is 1. The quantitative estimate of drug-likeness (QED) is 0.876. The predicted octanol–water partition coefficient (Wildman–Crippen LogP) is 3.52. The molecule has 1 saturated carbocycles. The Bertz CT molecular complexity index is 869. The second kappa shape index (κ2) is 7.89. The summed E-state index contributed by atoms with van der Waals surface area (Å²) < 4.78 is 1.86. The van der Waals surface area contributed by atoms with Gasteiger partial charge < -0.3 is 10.2 Å². The van der Waals surface area contributed by atoms with E-state index in [2.05, 4.69) is 29.2 Å². The van der Waals surface area contributed by atoms with Gasteiger partial charge in [0.15, 0.2) is 5.65 Å². The van der Waals surface area contributed by atoms with Crippen LogP contribution in [0.15, 0.2) is 18.5 Å². The highest BCUT2D eigenvalue weighted by atomic mass is 16.2. The first-order chi connectivity index (χ1) is 13.5. The second-order valence-electron chi connectivity index (χ2n) is 8.33. The molecule has 150 valence electrons. The summed E-state index contributed by atoms with van der Waals surface area (Å²) in [6, 6.07) is 1.75. The standard InChI is InChI=1S/C21H29N5O2/c1-14(2)26-19-16(12-23-26)11-17(13-22-19)24-20(27)18-9-6-10-25(18)21(28)15-7-4-3-5-8-15/h11-15,18H,3-10H2,1-2H3,(H,24,27). The van der Waals surface area contributed by atoms with Crippen molar-refractivity contribution < 1.29 is 9.59 Å². The third-order valence-electron chi connectivity index (χ3n) is 5.98. The average molecular weight is 383 g/mol. The van der Waals surface area contributed by atoms with Crippen molar-refractivity contribution in [3.05, 3.63) is 18.5 Å². The van der Waals surface area contributed by atoms with Crippen molar-refractivity contribution in [2.75, 3.05) is 11.9 Å². The van der Waals surface area contributed by atoms with Crippen LogP contribution in [-0.2, 0) is 9.59 Å². The van der Waals surface area contributed by atoms with Crippen molar-refractivity contribution in [2.45, 2.75) is 70.9 Å². The summed E-state index contributed by atoms with van der Waals surface area (Å²) in [5, 5.41) is 8.23. The predicted molar refractivity (Wildman–Crippen MR) is 108 cm³/mol. The zero-order valence-corrected chi connectivity index (χ0v) is 16.7. The lowest BCUT2D eigenvalue weighted by atomic mass is 9.88. The molecule has 2 fully saturated rings. The van der Waals surface area contributed by atoms with Gasteiger partial charge in [-0.15, -0.1) is 0 Å². The Hall–Kier alpha value is -2.44. The smallest absolute Gasteiger partial charge is 0.247 e. The molecule has 1 N–H and O–H groups in total. The monoisotopic (exact) mass is 383 g/mol. The maximum absolute atomic E-state index is 12.9. The molecule has 1 saturated heterocycles. The second-order valence-corrected chi connectivity index (χ2v) is 8.33. The maximum atomic E-state index is 12.9. The fourth-order valence-electron chi connectivity index (χ4n) is 4.50. The number of rotatable bonds is 4. The fraction of sp³-hybridized carbons (Fsp3) is 0.619. The summed E-state index contributed by atoms with van der Waals surface area (Å²) in [7, 11) is 0. The minimum atomic E-state index is -0.372. The number of likely N-dealkylation sites (tertiary alicyclic amines) is 1. The first kappa shape index (κ1) is 18.9. The first-order valence-corrected chi connectivity index (χ1v) is 10.5. The minimum absolute atomic E-state index is 0.0991. The van der Waals surface area contributed by atoms with E-state index in [9.17, 15) is 9.59 Å². The van der Waals surface area contributed by atoms with Crippen molar-refractivity contribution in [1.82, 2.24) is 19.7 Å². The van der Waals surface area contributed by atoms with Crippen molar-refractivity contribution in [2.24, 2.45) is 5.92 Å². The normalized spacial score (nSPS) is 20.8. The Morgan fingerprint density at radius 1 is 1.11 bits per heavy atom. The van der Waals surface area contributed by atoms with E-state index in [0.717, 1.165) is 49.6 Å². The number of carbonyl (C=O) groups is 2. The highest BCUT2D eigenvalue weighted by Crippen LogP contribution is 2.29. The number of carbonyl (C=O) groups excluding carboxylic acids is 2. The molecule has 7 heteroatoms. The van der Waals surface area contributed by atoms with Crippen LogP contribution in [-0.4, -0.2) is 44.1 Å². The molecule has 0 radical (unpaired) electrons. The number of nitrogens with zero attached hydrogens (tertiary/aromatic N) is 4. The number of hydrogen-bond acceptors (Lipinski definition) is 4. The van der Waals surface area contributed by atoms with E-state index >= 15 is 0 Å². The van der Waals surface area contributed by atoms with Gasteiger partial charge in [0, 0.05) is 23.9 Å². The number of amides is 2. The van der Waals surface area contributed by atoms with Crippen molar-refractivity contribution in [1.29, 1.82) is 0 Å². The number of hydrogen-bond donors (Lipinski definition) is 1. The van der Waals surface area contributed by atoms with E-state index < -0.39 is 0 Å². The number of nitrogens with one attached hydrogen (secondary N) is 1. The van der Waals surface area contributed by atoms with Crippen molar-refractivity contribution >= 4 is 28.5 Å². The fourth-order valence-corrected chi connectivity index (χ4v) is 4.50. The Morgan fingerprint density at radius 2 is 1.89 bits per heavy atom. The molecule has 4 rings (SSSR count). The SMILES string of the molecule is CC(C)n1ncc2cc(NC(=O)C3CCCN3C(=O)C3CCCCC3)cnc21. The van der Waals surface area contributed by atoms with Crippen molar-refractivity contribution in [3.63, 3.8) is 0 Å². The van der Waals surface area contributed by atoms with Gasteiger partial charge in [-0.25, -0.2) is 9.67 Å². The average Bonchev–Trinajstić information content (AvgIpc) is 3.35. The van der Waals surface area contributed by atoms with Gasteiger partial charge in [0.2, 0.25) is 11.8 Å². The summed E-state index contributed by atoms with van der Waals surface area (Å²) >= 11 is 0. The zero-order valence-electron chi connectivity index (χ0n) is 16.7. The van der Waals surface area contributed by atoms with Crippen LogP contribution in [0.3, 0.4) is 0 Å². The van der Waals surface area contributed by atoms with Gasteiger partial charge in [-0.2, -0.15) is 5.10 Å². The third kappa shape index (κ3) is 3.62. The maximum Gasteiger partial charge on any atom is 0.247 e. The molecule has 0 spiro atoms. The number of pyridine rings is 1. The third-order valence-corrected chi connectivity index (χ3v) is 5.98. The lowest BCUT2D eigenvalue weighted by Gasteiger charge is -2.30. The van der Waals surface area contributed by atoms with Crippen LogP contribution in [0.4, 0.5) is 5.69 Å². The topological polar surface area (TPSA) is 80.1 Å². The molecule has 2 amide bonds. The Labute approximate surface area is 165 Å². The van der Waals surface area contributed by atoms with E-state index in [-0.39, 0.29) is 29.8 Å². The van der Waals surface area contributed by atoms with Crippen molar-refractivity contribution in [3.8, 4) is 0 Å². The van der Waals surface area contributed by atoms with Gasteiger partial charge >= 0.3 is 0 Å². The van der Waals surface area contributed by atoms with Crippen LogP contribution in [0.1, 0.15) is 64.8 Å². The van der Waals surface area contributed by atoms with Crippen LogP contribution in [0.25, 0.3) is 11.0 Å². The molecular formula is C21H29N5O2. The van der Waals surface area contributed by atoms with Gasteiger partial charge in [-0.3, -0.25) is 9.59 Å². The van der Waals surface area contributed by atoms with Crippen LogP contribution in [0, 0.1) is 5.92 Å². The van der Waals surface area contributed by atoms with E-state index in [1.54, 1.807) is 12.4 Å². The largest absolute Gasteiger partial charge is 0.330 e. The molecular weight excluding hydrogens is 354 g/mol. The first-order valence-electron chi connectivity index (χ1n) is 10.5. The lowest BCUT2D eigenvalue weighted by molar-refractivity contribution is -0.141. The van der Waals surface area contributed by atoms with E-state index in [1.165, 1.54) is 6.42 Å². The Morgan fingerprint density at radius 3 is 2.64 bits per heavy atom. The van der Waals surface area contributed by atoms with Crippen LogP contribution >= 0.6 is 0 Å². The molecule has 7 nitrogen and oxygen atoms in total. The highest BCUT2D eigenvalue weighted by molar-refractivity contribution is 5.98. The molecule has 1 unspecified atom stereocenters. The highest BCUT2D eigenvalue weighted by Gasteiger charge is 2.37.